The lowest BCUT2D eigenvalue weighted by atomic mass is 9.85. The van der Waals surface area contributed by atoms with Crippen LogP contribution in [-0.4, -0.2) is 30.9 Å². The molecule has 1 aliphatic heterocycles. The molecule has 0 saturated carbocycles. The summed E-state index contributed by atoms with van der Waals surface area (Å²) in [7, 11) is 0. The first kappa shape index (κ1) is 20.4. The molecule has 1 saturated heterocycles. The number of piperidine rings is 1. The first-order valence-electron chi connectivity index (χ1n) is 9.86. The molecule has 1 heterocycles. The Labute approximate surface area is 157 Å². The molecule has 26 heavy (non-hydrogen) atoms. The van der Waals surface area contributed by atoms with Crippen molar-refractivity contribution in [2.45, 2.75) is 59.0 Å². The minimum atomic E-state index is -0.0639. The molecule has 3 unspecified atom stereocenters. The van der Waals surface area contributed by atoms with Crippen LogP contribution in [-0.2, 0) is 11.3 Å². The largest absolute Gasteiger partial charge is 0.352 e. The maximum absolute atomic E-state index is 12.3. The third kappa shape index (κ3) is 6.45. The zero-order valence-electron chi connectivity index (χ0n) is 16.3. The van der Waals surface area contributed by atoms with Gasteiger partial charge in [0.15, 0.2) is 0 Å². The molecule has 1 fully saturated rings. The van der Waals surface area contributed by atoms with Gasteiger partial charge in [0.05, 0.1) is 0 Å². The minimum absolute atomic E-state index is 0.0639. The molecule has 5 nitrogen and oxygen atoms in total. The van der Waals surface area contributed by atoms with Crippen LogP contribution in [0.2, 0.25) is 0 Å². The topological polar surface area (TPSA) is 70.2 Å². The second-order valence-corrected chi connectivity index (χ2v) is 7.55. The summed E-state index contributed by atoms with van der Waals surface area (Å²) < 4.78 is 0. The lowest BCUT2D eigenvalue weighted by molar-refractivity contribution is -0.122. The quantitative estimate of drug-likeness (QED) is 0.668. The van der Waals surface area contributed by atoms with Crippen molar-refractivity contribution in [3.05, 3.63) is 35.4 Å². The molecule has 5 heteroatoms. The molecule has 1 aromatic carbocycles. The number of hydrogen-bond acceptors (Lipinski definition) is 3. The molecule has 2 amide bonds. The number of amides is 2. The summed E-state index contributed by atoms with van der Waals surface area (Å²) in [6, 6.07) is 7.62. The number of rotatable bonds is 8. The van der Waals surface area contributed by atoms with Crippen LogP contribution in [0.25, 0.3) is 0 Å². The zero-order chi connectivity index (χ0) is 18.9. The highest BCUT2D eigenvalue weighted by atomic mass is 16.2. The first-order chi connectivity index (χ1) is 12.5. The van der Waals surface area contributed by atoms with Crippen LogP contribution in [0.15, 0.2) is 24.3 Å². The zero-order valence-corrected chi connectivity index (χ0v) is 16.3. The van der Waals surface area contributed by atoms with Gasteiger partial charge in [0.25, 0.3) is 5.91 Å². The van der Waals surface area contributed by atoms with Gasteiger partial charge in [-0.2, -0.15) is 0 Å². The van der Waals surface area contributed by atoms with E-state index in [0.29, 0.717) is 30.4 Å². The van der Waals surface area contributed by atoms with E-state index in [1.165, 1.54) is 12.8 Å². The summed E-state index contributed by atoms with van der Waals surface area (Å²) in [6.07, 6.45) is 3.85. The van der Waals surface area contributed by atoms with Crippen molar-refractivity contribution in [3.63, 3.8) is 0 Å². The van der Waals surface area contributed by atoms with Crippen LogP contribution < -0.4 is 16.0 Å². The lowest BCUT2D eigenvalue weighted by Gasteiger charge is -2.28. The Morgan fingerprint density at radius 1 is 1.31 bits per heavy atom. The molecule has 2 rings (SSSR count). The number of nitrogens with one attached hydrogen (secondary N) is 3. The van der Waals surface area contributed by atoms with E-state index in [4.69, 9.17) is 0 Å². The highest BCUT2D eigenvalue weighted by Gasteiger charge is 2.21. The molecule has 0 spiro atoms. The van der Waals surface area contributed by atoms with Gasteiger partial charge >= 0.3 is 0 Å². The van der Waals surface area contributed by atoms with Crippen LogP contribution in [0.5, 0.6) is 0 Å². The van der Waals surface area contributed by atoms with E-state index < -0.39 is 0 Å². The van der Waals surface area contributed by atoms with Crippen LogP contribution in [0, 0.1) is 11.8 Å². The predicted octanol–water partition coefficient (Wildman–Crippen LogP) is 2.86. The van der Waals surface area contributed by atoms with Gasteiger partial charge in [-0.05, 0) is 68.8 Å². The van der Waals surface area contributed by atoms with Crippen molar-refractivity contribution in [2.75, 3.05) is 13.1 Å². The van der Waals surface area contributed by atoms with Crippen molar-refractivity contribution in [3.8, 4) is 0 Å². The van der Waals surface area contributed by atoms with Crippen molar-refractivity contribution in [2.24, 2.45) is 11.8 Å². The fraction of sp³-hybridized carbons (Fsp3) is 0.619. The molecule has 0 aliphatic carbocycles. The molecule has 0 bridgehead atoms. The number of carbonyl (C=O) groups is 2. The number of hydrogen-bond donors (Lipinski definition) is 3. The van der Waals surface area contributed by atoms with E-state index >= 15 is 0 Å². The molecule has 3 N–H and O–H groups in total. The van der Waals surface area contributed by atoms with E-state index in [0.717, 1.165) is 25.1 Å². The van der Waals surface area contributed by atoms with Crippen LogP contribution in [0.1, 0.15) is 62.4 Å². The summed E-state index contributed by atoms with van der Waals surface area (Å²) in [5.74, 6) is 0.987. The molecule has 144 valence electrons. The minimum Gasteiger partial charge on any atom is -0.352 e. The monoisotopic (exact) mass is 359 g/mol. The Bertz CT molecular complexity index is 597. The molecule has 3 atom stereocenters. The fourth-order valence-electron chi connectivity index (χ4n) is 3.33. The molecule has 0 aromatic heterocycles. The van der Waals surface area contributed by atoms with Crippen LogP contribution >= 0.6 is 0 Å². The second kappa shape index (κ2) is 10.3. The van der Waals surface area contributed by atoms with E-state index in [1.54, 1.807) is 6.07 Å². The lowest BCUT2D eigenvalue weighted by Crippen LogP contribution is -2.35. The Morgan fingerprint density at radius 3 is 2.81 bits per heavy atom. The second-order valence-electron chi connectivity index (χ2n) is 7.55. The fourth-order valence-corrected chi connectivity index (χ4v) is 3.33. The average Bonchev–Trinajstić information content (AvgIpc) is 2.67. The first-order valence-corrected chi connectivity index (χ1v) is 9.86. The van der Waals surface area contributed by atoms with Gasteiger partial charge in [0.1, 0.15) is 0 Å². The summed E-state index contributed by atoms with van der Waals surface area (Å²) in [5, 5.41) is 9.38. The van der Waals surface area contributed by atoms with E-state index in [9.17, 15) is 9.59 Å². The molecule has 1 aliphatic rings. The van der Waals surface area contributed by atoms with Crippen molar-refractivity contribution in [1.82, 2.24) is 16.0 Å². The van der Waals surface area contributed by atoms with Gasteiger partial charge in [-0.3, -0.25) is 9.59 Å². The maximum atomic E-state index is 12.3. The summed E-state index contributed by atoms with van der Waals surface area (Å²) in [5.41, 5.74) is 1.58. The SMILES string of the molecule is CCC(C)NC(=O)c1cccc(CNC(=O)CC(C)C2CCCNC2)c1. The average molecular weight is 360 g/mol. The highest BCUT2D eigenvalue weighted by molar-refractivity contribution is 5.94. The van der Waals surface area contributed by atoms with Gasteiger partial charge in [0.2, 0.25) is 5.91 Å². The molecule has 1 aromatic rings. The van der Waals surface area contributed by atoms with Crippen molar-refractivity contribution < 1.29 is 9.59 Å². The smallest absolute Gasteiger partial charge is 0.251 e. The van der Waals surface area contributed by atoms with E-state index in [1.807, 2.05) is 32.0 Å². The Kier molecular flexibility index (Phi) is 8.10. The maximum Gasteiger partial charge on any atom is 0.251 e. The van der Waals surface area contributed by atoms with E-state index in [-0.39, 0.29) is 17.9 Å². The predicted molar refractivity (Wildman–Crippen MR) is 105 cm³/mol. The summed E-state index contributed by atoms with van der Waals surface area (Å²) >= 11 is 0. The normalized spacial score (nSPS) is 19.4. The van der Waals surface area contributed by atoms with Crippen LogP contribution in [0.4, 0.5) is 0 Å². The standard InChI is InChI=1S/C21H33N3O2/c1-4-16(3)24-21(26)18-8-5-7-17(12-18)13-23-20(25)11-15(2)19-9-6-10-22-14-19/h5,7-8,12,15-16,19,22H,4,6,9-11,13-14H2,1-3H3,(H,23,25)(H,24,26). The summed E-state index contributed by atoms with van der Waals surface area (Å²) in [4.78, 5) is 24.5. The van der Waals surface area contributed by atoms with Gasteiger partial charge in [-0.1, -0.05) is 26.0 Å². The Balaban J connectivity index is 1.82. The number of benzene rings is 1. The highest BCUT2D eigenvalue weighted by Crippen LogP contribution is 2.22. The van der Waals surface area contributed by atoms with Gasteiger partial charge in [-0.25, -0.2) is 0 Å². The van der Waals surface area contributed by atoms with Gasteiger partial charge in [0, 0.05) is 24.6 Å². The van der Waals surface area contributed by atoms with E-state index in [2.05, 4.69) is 22.9 Å². The van der Waals surface area contributed by atoms with Gasteiger partial charge in [-0.15, -0.1) is 0 Å². The third-order valence-electron chi connectivity index (χ3n) is 5.32. The van der Waals surface area contributed by atoms with Gasteiger partial charge < -0.3 is 16.0 Å². The molecular weight excluding hydrogens is 326 g/mol. The third-order valence-corrected chi connectivity index (χ3v) is 5.32. The van der Waals surface area contributed by atoms with Crippen molar-refractivity contribution >= 4 is 11.8 Å². The number of carbonyl (C=O) groups excluding carboxylic acids is 2. The summed E-state index contributed by atoms with van der Waals surface area (Å²) in [6.45, 7) is 8.76. The van der Waals surface area contributed by atoms with Crippen LogP contribution in [0.3, 0.4) is 0 Å². The van der Waals surface area contributed by atoms with Crippen molar-refractivity contribution in [1.29, 1.82) is 0 Å². The molecular formula is C21H33N3O2. The molecule has 0 radical (unpaired) electrons. The Hall–Kier alpha value is -1.88. The Morgan fingerprint density at radius 2 is 2.12 bits per heavy atom.